The molecule has 0 spiro atoms. The third-order valence-electron chi connectivity index (χ3n) is 3.67. The van der Waals surface area contributed by atoms with E-state index in [0.29, 0.717) is 5.75 Å². The van der Waals surface area contributed by atoms with Crippen LogP contribution < -0.4 is 10.2 Å². The van der Waals surface area contributed by atoms with Gasteiger partial charge in [0.05, 0.1) is 18.3 Å². The Bertz CT molecular complexity index is 440. The van der Waals surface area contributed by atoms with Crippen LogP contribution in [0.4, 0.5) is 0 Å². The average Bonchev–Trinajstić information content (AvgIpc) is 2.47. The maximum absolute atomic E-state index is 9.65. The molecule has 1 aromatic rings. The van der Waals surface area contributed by atoms with E-state index in [1.807, 2.05) is 33.8 Å². The highest BCUT2D eigenvalue weighted by Gasteiger charge is 2.51. The van der Waals surface area contributed by atoms with Crippen molar-refractivity contribution in [2.45, 2.75) is 38.9 Å². The molecule has 1 heterocycles. The van der Waals surface area contributed by atoms with Gasteiger partial charge in [0.2, 0.25) is 0 Å². The van der Waals surface area contributed by atoms with E-state index in [9.17, 15) is 5.11 Å². The molecule has 1 aliphatic rings. The number of phenols is 1. The fourth-order valence-corrected chi connectivity index (χ4v) is 1.84. The van der Waals surface area contributed by atoms with Crippen LogP contribution in [0, 0.1) is 0 Å². The predicted octanol–water partition coefficient (Wildman–Crippen LogP) is 1.70. The lowest BCUT2D eigenvalue weighted by molar-refractivity contribution is 0.00578. The summed E-state index contributed by atoms with van der Waals surface area (Å²) in [6.45, 7) is 7.97. The Morgan fingerprint density at radius 1 is 1.06 bits per heavy atom. The quantitative estimate of drug-likeness (QED) is 0.811. The predicted molar refractivity (Wildman–Crippen MR) is 70.4 cm³/mol. The van der Waals surface area contributed by atoms with Crippen LogP contribution in [0.1, 0.15) is 27.7 Å². The Kier molecular flexibility index (Phi) is 3.07. The maximum atomic E-state index is 9.65. The Labute approximate surface area is 108 Å². The highest BCUT2D eigenvalue weighted by molar-refractivity contribution is 6.62. The van der Waals surface area contributed by atoms with E-state index in [1.54, 1.807) is 19.2 Å². The van der Waals surface area contributed by atoms with E-state index in [0.717, 1.165) is 5.46 Å². The second kappa shape index (κ2) is 4.18. The van der Waals surface area contributed by atoms with Gasteiger partial charge in [0, 0.05) is 6.07 Å². The molecule has 0 aliphatic carbocycles. The number of hydrogen-bond donors (Lipinski definition) is 1. The lowest BCUT2D eigenvalue weighted by Crippen LogP contribution is -2.41. The van der Waals surface area contributed by atoms with Gasteiger partial charge in [-0.05, 0) is 45.3 Å². The molecule has 1 aromatic carbocycles. The molecule has 1 saturated heterocycles. The van der Waals surface area contributed by atoms with Crippen LogP contribution in [-0.4, -0.2) is 30.5 Å². The first-order valence-electron chi connectivity index (χ1n) is 5.99. The summed E-state index contributed by atoms with van der Waals surface area (Å²) in [6.07, 6.45) is 0. The third kappa shape index (κ3) is 2.20. The molecule has 0 saturated carbocycles. The fourth-order valence-electron chi connectivity index (χ4n) is 1.84. The van der Waals surface area contributed by atoms with Gasteiger partial charge in [0.25, 0.3) is 0 Å². The summed E-state index contributed by atoms with van der Waals surface area (Å²) in [5.41, 5.74) is -0.0299. The minimum absolute atomic E-state index is 0.138. The molecule has 2 rings (SSSR count). The molecule has 1 aliphatic heterocycles. The second-order valence-electron chi connectivity index (χ2n) is 5.55. The SMILES string of the molecule is COc1cc(O)cc(B2OC(C)(C)C(C)(C)O2)c1. The monoisotopic (exact) mass is 250 g/mol. The summed E-state index contributed by atoms with van der Waals surface area (Å²) in [6, 6.07) is 4.99. The van der Waals surface area contributed by atoms with Crippen molar-refractivity contribution in [3.8, 4) is 11.5 Å². The molecule has 1 fully saturated rings. The van der Waals surface area contributed by atoms with Crippen LogP contribution in [0.15, 0.2) is 18.2 Å². The second-order valence-corrected chi connectivity index (χ2v) is 5.55. The number of aromatic hydroxyl groups is 1. The summed E-state index contributed by atoms with van der Waals surface area (Å²) in [5.74, 6) is 0.721. The zero-order valence-electron chi connectivity index (χ0n) is 11.5. The minimum atomic E-state index is -0.490. The van der Waals surface area contributed by atoms with Crippen molar-refractivity contribution in [3.63, 3.8) is 0 Å². The van der Waals surface area contributed by atoms with Crippen molar-refractivity contribution >= 4 is 12.6 Å². The van der Waals surface area contributed by atoms with Crippen molar-refractivity contribution in [1.29, 1.82) is 0 Å². The highest BCUT2D eigenvalue weighted by Crippen LogP contribution is 2.36. The summed E-state index contributed by atoms with van der Waals surface area (Å²) in [7, 11) is 1.07. The zero-order chi connectivity index (χ0) is 13.6. The number of ether oxygens (including phenoxy) is 1. The van der Waals surface area contributed by atoms with E-state index >= 15 is 0 Å². The number of methoxy groups -OCH3 is 1. The van der Waals surface area contributed by atoms with Gasteiger partial charge in [-0.3, -0.25) is 0 Å². The fraction of sp³-hybridized carbons (Fsp3) is 0.538. The van der Waals surface area contributed by atoms with Crippen LogP contribution >= 0.6 is 0 Å². The van der Waals surface area contributed by atoms with Crippen LogP contribution in [0.3, 0.4) is 0 Å². The molecular weight excluding hydrogens is 231 g/mol. The largest absolute Gasteiger partial charge is 0.508 e. The van der Waals surface area contributed by atoms with Gasteiger partial charge in [0.1, 0.15) is 11.5 Å². The lowest BCUT2D eigenvalue weighted by Gasteiger charge is -2.32. The third-order valence-corrected chi connectivity index (χ3v) is 3.67. The van der Waals surface area contributed by atoms with E-state index < -0.39 is 18.3 Å². The van der Waals surface area contributed by atoms with Crippen LogP contribution in [0.5, 0.6) is 11.5 Å². The van der Waals surface area contributed by atoms with Gasteiger partial charge in [-0.25, -0.2) is 0 Å². The van der Waals surface area contributed by atoms with E-state index in [4.69, 9.17) is 14.0 Å². The maximum Gasteiger partial charge on any atom is 0.495 e. The van der Waals surface area contributed by atoms with E-state index in [-0.39, 0.29) is 5.75 Å². The lowest BCUT2D eigenvalue weighted by atomic mass is 9.79. The number of benzene rings is 1. The molecule has 0 radical (unpaired) electrons. The number of rotatable bonds is 2. The first kappa shape index (κ1) is 13.2. The highest BCUT2D eigenvalue weighted by atomic mass is 16.7. The Morgan fingerprint density at radius 2 is 1.61 bits per heavy atom. The summed E-state index contributed by atoms with van der Waals surface area (Å²) in [4.78, 5) is 0. The van der Waals surface area contributed by atoms with E-state index in [1.165, 1.54) is 0 Å². The molecule has 0 bridgehead atoms. The molecule has 0 amide bonds. The summed E-state index contributed by atoms with van der Waals surface area (Å²) < 4.78 is 17.0. The number of phenolic OH excluding ortho intramolecular Hbond substituents is 1. The Hall–Kier alpha value is -1.20. The van der Waals surface area contributed by atoms with Crippen molar-refractivity contribution in [2.24, 2.45) is 0 Å². The van der Waals surface area contributed by atoms with Crippen molar-refractivity contribution in [3.05, 3.63) is 18.2 Å². The Balaban J connectivity index is 2.32. The summed E-state index contributed by atoms with van der Waals surface area (Å²) in [5, 5.41) is 9.65. The normalized spacial score (nSPS) is 21.1. The first-order chi connectivity index (χ1) is 8.25. The van der Waals surface area contributed by atoms with Gasteiger partial charge < -0.3 is 19.2 Å². The molecule has 4 nitrogen and oxygen atoms in total. The molecular formula is C13H19BO4. The summed E-state index contributed by atoms with van der Waals surface area (Å²) >= 11 is 0. The van der Waals surface area contributed by atoms with Crippen LogP contribution in [0.25, 0.3) is 0 Å². The van der Waals surface area contributed by atoms with Crippen molar-refractivity contribution in [2.75, 3.05) is 7.11 Å². The topological polar surface area (TPSA) is 47.9 Å². The first-order valence-corrected chi connectivity index (χ1v) is 5.99. The molecule has 18 heavy (non-hydrogen) atoms. The van der Waals surface area contributed by atoms with Crippen LogP contribution in [0.2, 0.25) is 0 Å². The minimum Gasteiger partial charge on any atom is -0.508 e. The zero-order valence-corrected chi connectivity index (χ0v) is 11.5. The molecule has 0 unspecified atom stereocenters. The van der Waals surface area contributed by atoms with Gasteiger partial charge in [-0.1, -0.05) is 0 Å². The molecule has 0 atom stereocenters. The molecule has 5 heteroatoms. The smallest absolute Gasteiger partial charge is 0.495 e. The van der Waals surface area contributed by atoms with Gasteiger partial charge in [0.15, 0.2) is 0 Å². The Morgan fingerprint density at radius 3 is 2.11 bits per heavy atom. The van der Waals surface area contributed by atoms with Crippen molar-refractivity contribution < 1.29 is 19.2 Å². The van der Waals surface area contributed by atoms with Crippen LogP contribution in [-0.2, 0) is 9.31 Å². The van der Waals surface area contributed by atoms with Crippen molar-refractivity contribution in [1.82, 2.24) is 0 Å². The van der Waals surface area contributed by atoms with Gasteiger partial charge in [-0.15, -0.1) is 0 Å². The molecule has 0 aromatic heterocycles. The van der Waals surface area contributed by atoms with E-state index in [2.05, 4.69) is 0 Å². The number of hydrogen-bond acceptors (Lipinski definition) is 4. The van der Waals surface area contributed by atoms with Gasteiger partial charge in [-0.2, -0.15) is 0 Å². The molecule has 98 valence electrons. The standard InChI is InChI=1S/C13H19BO4/c1-12(2)13(3,4)18-14(17-12)9-6-10(15)8-11(7-9)16-5/h6-8,15H,1-5H3. The van der Waals surface area contributed by atoms with Gasteiger partial charge >= 0.3 is 7.12 Å². The average molecular weight is 250 g/mol. The molecule has 1 N–H and O–H groups in total.